The Morgan fingerprint density at radius 1 is 1.17 bits per heavy atom. The molecule has 0 saturated carbocycles. The highest BCUT2D eigenvalue weighted by atomic mass is 16.6. The minimum absolute atomic E-state index is 0.217. The summed E-state index contributed by atoms with van der Waals surface area (Å²) in [6, 6.07) is 8.24. The second kappa shape index (κ2) is 8.32. The number of aliphatic carboxylic acids is 1. The van der Waals surface area contributed by atoms with E-state index in [1.165, 1.54) is 17.2 Å². The number of nitrogens with zero attached hydrogens (tertiary/aromatic N) is 4. The first kappa shape index (κ1) is 20.2. The molecule has 158 valence electrons. The van der Waals surface area contributed by atoms with Crippen LogP contribution in [-0.2, 0) is 16.0 Å². The highest BCUT2D eigenvalue weighted by molar-refractivity contribution is 5.86. The number of aliphatic hydroxyl groups is 3. The summed E-state index contributed by atoms with van der Waals surface area (Å²) >= 11 is 0. The summed E-state index contributed by atoms with van der Waals surface area (Å²) in [6.07, 6.45) is -1.68. The van der Waals surface area contributed by atoms with E-state index in [0.29, 0.717) is 0 Å². The lowest BCUT2D eigenvalue weighted by Crippen LogP contribution is -2.33. The second-order valence-corrected chi connectivity index (χ2v) is 7.00. The smallest absolute Gasteiger partial charge is 0.326 e. The number of benzene rings is 1. The van der Waals surface area contributed by atoms with Crippen LogP contribution in [0, 0.1) is 0 Å². The lowest BCUT2D eigenvalue weighted by atomic mass is 10.1. The Balaban J connectivity index is 1.62. The Bertz CT molecular complexity index is 1030. The van der Waals surface area contributed by atoms with Crippen molar-refractivity contribution in [3.63, 3.8) is 0 Å². The quantitative estimate of drug-likeness (QED) is 0.341. The number of fused-ring (bicyclic) bond motifs is 1. The lowest BCUT2D eigenvalue weighted by Gasteiger charge is -2.17. The van der Waals surface area contributed by atoms with Gasteiger partial charge < -0.3 is 30.5 Å². The van der Waals surface area contributed by atoms with E-state index in [9.17, 15) is 25.2 Å². The molecule has 3 heterocycles. The molecule has 11 heteroatoms. The molecular formula is C19H21N5O6. The van der Waals surface area contributed by atoms with Crippen LogP contribution >= 0.6 is 0 Å². The standard InChI is InChI=1S/C19H21N5O6/c25-7-12-14(26)15(27)18(30-12)24-9-22-13-16(20-8-21-17(13)24)23-11(19(28)29)6-10-4-2-1-3-5-10/h1-5,8-9,11-12,14-15,18,25-27H,6-7H2,(H,28,29)(H,20,21,23)/t11-,12?,14?,15?,18?/m0/s1. The normalized spacial score (nSPS) is 24.8. The van der Waals surface area contributed by atoms with E-state index < -0.39 is 43.2 Å². The topological polar surface area (TPSA) is 163 Å². The fraction of sp³-hybridized carbons (Fsp3) is 0.368. The van der Waals surface area contributed by atoms with Gasteiger partial charge in [-0.1, -0.05) is 30.3 Å². The summed E-state index contributed by atoms with van der Waals surface area (Å²) in [7, 11) is 0. The van der Waals surface area contributed by atoms with E-state index in [1.807, 2.05) is 30.3 Å². The molecule has 4 rings (SSSR count). The first-order valence-electron chi connectivity index (χ1n) is 9.33. The minimum atomic E-state index is -1.30. The van der Waals surface area contributed by atoms with Gasteiger partial charge in [0.15, 0.2) is 23.2 Å². The molecule has 0 radical (unpaired) electrons. The number of rotatable bonds is 7. The molecule has 1 saturated heterocycles. The van der Waals surface area contributed by atoms with Crippen molar-refractivity contribution in [2.24, 2.45) is 0 Å². The Morgan fingerprint density at radius 3 is 2.60 bits per heavy atom. The summed E-state index contributed by atoms with van der Waals surface area (Å²) in [4.78, 5) is 24.3. The number of ether oxygens (including phenoxy) is 1. The zero-order valence-electron chi connectivity index (χ0n) is 15.7. The zero-order valence-corrected chi connectivity index (χ0v) is 15.7. The molecule has 0 aliphatic carbocycles. The van der Waals surface area contributed by atoms with Gasteiger partial charge in [-0.2, -0.15) is 0 Å². The minimum Gasteiger partial charge on any atom is -0.480 e. The van der Waals surface area contributed by atoms with Gasteiger partial charge >= 0.3 is 5.97 Å². The van der Waals surface area contributed by atoms with Crippen molar-refractivity contribution in [2.45, 2.75) is 37.0 Å². The maximum atomic E-state index is 11.8. The maximum absolute atomic E-state index is 11.8. The molecule has 11 nitrogen and oxygen atoms in total. The fourth-order valence-electron chi connectivity index (χ4n) is 3.47. The van der Waals surface area contributed by atoms with Crippen LogP contribution in [0.3, 0.4) is 0 Å². The van der Waals surface area contributed by atoms with Crippen molar-refractivity contribution in [1.29, 1.82) is 0 Å². The van der Waals surface area contributed by atoms with E-state index in [4.69, 9.17) is 4.74 Å². The number of hydrogen-bond acceptors (Lipinski definition) is 9. The van der Waals surface area contributed by atoms with Crippen molar-refractivity contribution < 1.29 is 30.0 Å². The number of carboxylic acid groups (broad SMARTS) is 1. The summed E-state index contributed by atoms with van der Waals surface area (Å²) < 4.78 is 6.94. The van der Waals surface area contributed by atoms with Gasteiger partial charge in [0.2, 0.25) is 0 Å². The third-order valence-corrected chi connectivity index (χ3v) is 5.04. The largest absolute Gasteiger partial charge is 0.480 e. The van der Waals surface area contributed by atoms with Gasteiger partial charge in [-0.15, -0.1) is 0 Å². The molecule has 4 unspecified atom stereocenters. The van der Waals surface area contributed by atoms with Crippen LogP contribution in [0.25, 0.3) is 11.2 Å². The molecule has 30 heavy (non-hydrogen) atoms. The average molecular weight is 415 g/mol. The maximum Gasteiger partial charge on any atom is 0.326 e. The van der Waals surface area contributed by atoms with Gasteiger partial charge in [-0.3, -0.25) is 4.57 Å². The molecule has 0 spiro atoms. The van der Waals surface area contributed by atoms with Gasteiger partial charge in [-0.05, 0) is 5.56 Å². The van der Waals surface area contributed by atoms with E-state index in [2.05, 4.69) is 20.3 Å². The van der Waals surface area contributed by atoms with Crippen LogP contribution in [0.2, 0.25) is 0 Å². The third-order valence-electron chi connectivity index (χ3n) is 5.04. The summed E-state index contributed by atoms with van der Waals surface area (Å²) in [5.74, 6) is -0.831. The van der Waals surface area contributed by atoms with Crippen molar-refractivity contribution >= 4 is 23.0 Å². The summed E-state index contributed by atoms with van der Waals surface area (Å²) in [6.45, 7) is -0.455. The van der Waals surface area contributed by atoms with Crippen molar-refractivity contribution in [2.75, 3.05) is 11.9 Å². The number of carboxylic acids is 1. The van der Waals surface area contributed by atoms with E-state index in [-0.39, 0.29) is 23.4 Å². The van der Waals surface area contributed by atoms with Crippen LogP contribution < -0.4 is 5.32 Å². The van der Waals surface area contributed by atoms with Gasteiger partial charge in [0.05, 0.1) is 12.9 Å². The first-order valence-corrected chi connectivity index (χ1v) is 9.33. The summed E-state index contributed by atoms with van der Waals surface area (Å²) in [5.41, 5.74) is 1.42. The molecule has 0 amide bonds. The molecule has 1 aliphatic rings. The predicted molar refractivity (Wildman–Crippen MR) is 104 cm³/mol. The number of aromatic nitrogens is 4. The monoisotopic (exact) mass is 415 g/mol. The number of carbonyl (C=O) groups is 1. The number of hydrogen-bond donors (Lipinski definition) is 5. The fourth-order valence-corrected chi connectivity index (χ4v) is 3.47. The van der Waals surface area contributed by atoms with Gasteiger partial charge in [0.1, 0.15) is 30.7 Å². The summed E-state index contributed by atoms with van der Waals surface area (Å²) in [5, 5.41) is 42.1. The Labute approximate surface area is 170 Å². The molecular weight excluding hydrogens is 394 g/mol. The second-order valence-electron chi connectivity index (χ2n) is 7.00. The van der Waals surface area contributed by atoms with E-state index >= 15 is 0 Å². The molecule has 2 aromatic heterocycles. The highest BCUT2D eigenvalue weighted by Gasteiger charge is 2.44. The van der Waals surface area contributed by atoms with E-state index in [1.54, 1.807) is 0 Å². The van der Waals surface area contributed by atoms with Gasteiger partial charge in [0.25, 0.3) is 0 Å². The molecule has 3 aromatic rings. The number of aliphatic hydroxyl groups excluding tert-OH is 3. The van der Waals surface area contributed by atoms with Crippen LogP contribution in [-0.4, -0.2) is 76.9 Å². The first-order chi connectivity index (χ1) is 14.5. The average Bonchev–Trinajstić information content (AvgIpc) is 3.30. The number of nitrogens with one attached hydrogen (secondary N) is 1. The van der Waals surface area contributed by atoms with E-state index in [0.717, 1.165) is 5.56 Å². The van der Waals surface area contributed by atoms with Crippen molar-refractivity contribution in [3.05, 3.63) is 48.5 Å². The SMILES string of the molecule is O=C(O)[C@H](Cc1ccccc1)Nc1ncnc2c1ncn2C1OC(CO)C(O)C1O. The molecule has 1 fully saturated rings. The highest BCUT2D eigenvalue weighted by Crippen LogP contribution is 2.32. The Kier molecular flexibility index (Phi) is 5.59. The molecule has 5 N–H and O–H groups in total. The third kappa shape index (κ3) is 3.71. The lowest BCUT2D eigenvalue weighted by molar-refractivity contribution is -0.137. The Hall–Kier alpha value is -3.12. The number of imidazole rings is 1. The molecule has 0 bridgehead atoms. The van der Waals surface area contributed by atoms with Gasteiger partial charge in [-0.25, -0.2) is 19.7 Å². The van der Waals surface area contributed by atoms with Gasteiger partial charge in [0, 0.05) is 6.42 Å². The Morgan fingerprint density at radius 2 is 1.93 bits per heavy atom. The van der Waals surface area contributed by atoms with Crippen LogP contribution in [0.15, 0.2) is 43.0 Å². The zero-order chi connectivity index (χ0) is 21.3. The molecule has 1 aromatic carbocycles. The van der Waals surface area contributed by atoms with Crippen molar-refractivity contribution in [3.8, 4) is 0 Å². The molecule has 1 aliphatic heterocycles. The van der Waals surface area contributed by atoms with Crippen LogP contribution in [0.5, 0.6) is 0 Å². The number of anilines is 1. The van der Waals surface area contributed by atoms with Crippen LogP contribution in [0.4, 0.5) is 5.82 Å². The molecule has 5 atom stereocenters. The van der Waals surface area contributed by atoms with Crippen LogP contribution in [0.1, 0.15) is 11.8 Å². The van der Waals surface area contributed by atoms with Crippen molar-refractivity contribution in [1.82, 2.24) is 19.5 Å². The predicted octanol–water partition coefficient (Wildman–Crippen LogP) is -0.454.